The van der Waals surface area contributed by atoms with Gasteiger partial charge in [-0.2, -0.15) is 11.3 Å². The van der Waals surface area contributed by atoms with Gasteiger partial charge >= 0.3 is 0 Å². The highest BCUT2D eigenvalue weighted by atomic mass is 79.9. The Morgan fingerprint density at radius 2 is 2.24 bits per heavy atom. The normalized spacial score (nSPS) is 19.2. The van der Waals surface area contributed by atoms with Crippen LogP contribution in [0.3, 0.4) is 0 Å². The van der Waals surface area contributed by atoms with E-state index in [1.54, 1.807) is 11.3 Å². The number of rotatable bonds is 7. The van der Waals surface area contributed by atoms with Crippen LogP contribution < -0.4 is 5.32 Å². The molecule has 1 aromatic heterocycles. The third-order valence-corrected chi connectivity index (χ3v) is 4.93. The first-order chi connectivity index (χ1) is 8.27. The topological polar surface area (TPSA) is 21.3 Å². The molecule has 1 aliphatic carbocycles. The summed E-state index contributed by atoms with van der Waals surface area (Å²) in [5, 5.41) is 7.96. The van der Waals surface area contributed by atoms with Crippen LogP contribution in [0.1, 0.15) is 38.3 Å². The van der Waals surface area contributed by atoms with Crippen LogP contribution in [0.15, 0.2) is 15.2 Å². The molecule has 2 rings (SSSR count). The van der Waals surface area contributed by atoms with Gasteiger partial charge in [0.2, 0.25) is 0 Å². The van der Waals surface area contributed by atoms with Gasteiger partial charge in [-0.25, -0.2) is 0 Å². The predicted octanol–water partition coefficient (Wildman–Crippen LogP) is 3.98. The van der Waals surface area contributed by atoms with Gasteiger partial charge in [-0.05, 0) is 59.1 Å². The lowest BCUT2D eigenvalue weighted by Crippen LogP contribution is -2.35. The number of nitrogens with one attached hydrogen (secondary N) is 1. The fourth-order valence-corrected chi connectivity index (χ4v) is 3.84. The molecule has 1 fully saturated rings. The summed E-state index contributed by atoms with van der Waals surface area (Å²) in [5.74, 6) is 0.741. The van der Waals surface area contributed by atoms with Gasteiger partial charge in [0, 0.05) is 16.5 Å². The fourth-order valence-electron chi connectivity index (χ4n) is 2.26. The zero-order valence-corrected chi connectivity index (χ0v) is 12.8. The molecule has 0 spiro atoms. The molecule has 2 nitrogen and oxygen atoms in total. The van der Waals surface area contributed by atoms with Crippen molar-refractivity contribution in [3.8, 4) is 0 Å². The average Bonchev–Trinajstić information content (AvgIpc) is 3.07. The lowest BCUT2D eigenvalue weighted by molar-refractivity contribution is 0.0189. The van der Waals surface area contributed by atoms with Crippen molar-refractivity contribution in [2.75, 3.05) is 13.2 Å². The van der Waals surface area contributed by atoms with Crippen LogP contribution in [0.4, 0.5) is 0 Å². The van der Waals surface area contributed by atoms with Gasteiger partial charge in [-0.15, -0.1) is 0 Å². The van der Waals surface area contributed by atoms with E-state index in [0.29, 0.717) is 12.1 Å². The predicted molar refractivity (Wildman–Crippen MR) is 76.6 cm³/mol. The zero-order valence-electron chi connectivity index (χ0n) is 10.4. The molecular weight excluding hydrogens is 298 g/mol. The Bertz CT molecular complexity index is 351. The fraction of sp³-hybridized carbons (Fsp3) is 0.692. The molecule has 2 unspecified atom stereocenters. The minimum absolute atomic E-state index is 0.325. The molecule has 1 aliphatic rings. The van der Waals surface area contributed by atoms with E-state index in [4.69, 9.17) is 4.74 Å². The first-order valence-corrected chi connectivity index (χ1v) is 8.08. The highest BCUT2D eigenvalue weighted by molar-refractivity contribution is 9.10. The van der Waals surface area contributed by atoms with Gasteiger partial charge in [0.15, 0.2) is 0 Å². The van der Waals surface area contributed by atoms with Crippen molar-refractivity contribution in [1.82, 2.24) is 5.32 Å². The van der Waals surface area contributed by atoms with Gasteiger partial charge < -0.3 is 10.1 Å². The second kappa shape index (κ2) is 6.32. The van der Waals surface area contributed by atoms with Gasteiger partial charge in [0.05, 0.1) is 12.1 Å². The maximum Gasteiger partial charge on any atom is 0.0798 e. The molecular formula is C13H20BrNOS. The first kappa shape index (κ1) is 13.5. The third-order valence-electron chi connectivity index (χ3n) is 3.18. The van der Waals surface area contributed by atoms with Crippen LogP contribution in [0, 0.1) is 5.92 Å². The van der Waals surface area contributed by atoms with E-state index < -0.39 is 0 Å². The van der Waals surface area contributed by atoms with Crippen LogP contribution in [0.5, 0.6) is 0 Å². The summed E-state index contributed by atoms with van der Waals surface area (Å²) in [7, 11) is 0. The molecule has 0 radical (unpaired) electrons. The lowest BCUT2D eigenvalue weighted by Gasteiger charge is -2.28. The Balaban J connectivity index is 2.17. The largest absolute Gasteiger partial charge is 0.376 e. The van der Waals surface area contributed by atoms with Gasteiger partial charge in [-0.3, -0.25) is 0 Å². The van der Waals surface area contributed by atoms with Crippen LogP contribution in [0.25, 0.3) is 0 Å². The van der Waals surface area contributed by atoms with Crippen molar-refractivity contribution in [2.45, 2.75) is 38.8 Å². The lowest BCUT2D eigenvalue weighted by atomic mass is 10.0. The van der Waals surface area contributed by atoms with E-state index in [0.717, 1.165) is 19.1 Å². The molecule has 96 valence electrons. The summed E-state index contributed by atoms with van der Waals surface area (Å²) in [4.78, 5) is 0. The van der Waals surface area contributed by atoms with Crippen molar-refractivity contribution in [3.05, 3.63) is 20.8 Å². The van der Waals surface area contributed by atoms with Crippen LogP contribution in [-0.2, 0) is 4.74 Å². The van der Waals surface area contributed by atoms with E-state index in [9.17, 15) is 0 Å². The summed E-state index contributed by atoms with van der Waals surface area (Å²) in [6, 6.07) is 0.327. The molecule has 4 heteroatoms. The second-order valence-electron chi connectivity index (χ2n) is 4.47. The molecule has 0 aliphatic heterocycles. The van der Waals surface area contributed by atoms with Crippen LogP contribution in [-0.4, -0.2) is 19.3 Å². The van der Waals surface area contributed by atoms with Crippen molar-refractivity contribution in [2.24, 2.45) is 5.92 Å². The molecule has 2 atom stereocenters. The summed E-state index contributed by atoms with van der Waals surface area (Å²) in [6.45, 7) is 6.01. The molecule has 0 amide bonds. The van der Waals surface area contributed by atoms with Crippen molar-refractivity contribution in [3.63, 3.8) is 0 Å². The Hall–Kier alpha value is 0.1000. The van der Waals surface area contributed by atoms with E-state index >= 15 is 0 Å². The molecule has 1 aromatic rings. The maximum atomic E-state index is 5.98. The molecule has 0 bridgehead atoms. The Morgan fingerprint density at radius 3 is 2.71 bits per heavy atom. The van der Waals surface area contributed by atoms with Crippen LogP contribution >= 0.6 is 27.3 Å². The summed E-state index contributed by atoms with van der Waals surface area (Å²) < 4.78 is 7.19. The molecule has 1 heterocycles. The third kappa shape index (κ3) is 3.31. The van der Waals surface area contributed by atoms with E-state index in [2.05, 4.69) is 45.9 Å². The first-order valence-electron chi connectivity index (χ1n) is 6.34. The Labute approximate surface area is 116 Å². The maximum absolute atomic E-state index is 5.98. The highest BCUT2D eigenvalue weighted by Gasteiger charge is 2.38. The number of halogens is 1. The summed E-state index contributed by atoms with van der Waals surface area (Å²) in [5.41, 5.74) is 1.35. The Morgan fingerprint density at radius 1 is 1.47 bits per heavy atom. The van der Waals surface area contributed by atoms with Gasteiger partial charge in [0.25, 0.3) is 0 Å². The molecule has 17 heavy (non-hydrogen) atoms. The second-order valence-corrected chi connectivity index (χ2v) is 6.07. The van der Waals surface area contributed by atoms with E-state index in [-0.39, 0.29) is 0 Å². The zero-order chi connectivity index (χ0) is 12.3. The number of hydrogen-bond acceptors (Lipinski definition) is 3. The van der Waals surface area contributed by atoms with Crippen molar-refractivity contribution >= 4 is 27.3 Å². The minimum Gasteiger partial charge on any atom is -0.376 e. The standard InChI is InChI=1S/C13H20BrNOS/c1-3-15-12(10-7-17-8-11(10)14)13(16-4-2)9-5-6-9/h7-9,12-13,15H,3-6H2,1-2H3. The highest BCUT2D eigenvalue weighted by Crippen LogP contribution is 2.42. The smallest absolute Gasteiger partial charge is 0.0798 e. The summed E-state index contributed by atoms with van der Waals surface area (Å²) >= 11 is 5.39. The number of hydrogen-bond donors (Lipinski definition) is 1. The monoisotopic (exact) mass is 317 g/mol. The van der Waals surface area contributed by atoms with Crippen LogP contribution in [0.2, 0.25) is 0 Å². The minimum atomic E-state index is 0.325. The molecule has 0 saturated heterocycles. The number of likely N-dealkylation sites (N-methyl/N-ethyl adjacent to an activating group) is 1. The Kier molecular flexibility index (Phi) is 5.03. The van der Waals surface area contributed by atoms with E-state index in [1.165, 1.54) is 22.9 Å². The number of ether oxygens (including phenoxy) is 1. The molecule has 0 aromatic carbocycles. The quantitative estimate of drug-likeness (QED) is 0.821. The number of thiophene rings is 1. The molecule has 1 saturated carbocycles. The SMILES string of the molecule is CCNC(c1cscc1Br)C(OCC)C1CC1. The summed E-state index contributed by atoms with van der Waals surface area (Å²) in [6.07, 6.45) is 2.95. The van der Waals surface area contributed by atoms with Crippen molar-refractivity contribution in [1.29, 1.82) is 0 Å². The molecule has 1 N–H and O–H groups in total. The van der Waals surface area contributed by atoms with Gasteiger partial charge in [0.1, 0.15) is 0 Å². The van der Waals surface area contributed by atoms with Crippen molar-refractivity contribution < 1.29 is 4.74 Å². The van der Waals surface area contributed by atoms with Gasteiger partial charge in [-0.1, -0.05) is 6.92 Å². The average molecular weight is 318 g/mol. The van der Waals surface area contributed by atoms with E-state index in [1.807, 2.05) is 0 Å².